The standard InChI is InChI=1S/C21H25NO3/c1-22(14-18-9-5-6-10-20(18)24-2)21(23)15-25-19-12-11-16-7-3-4-8-17(16)13-19/h5-6,9-13H,3-4,7-8,14-15H2,1-2H3. The molecular weight excluding hydrogens is 314 g/mol. The molecule has 0 saturated carbocycles. The van der Waals surface area contributed by atoms with E-state index in [2.05, 4.69) is 12.1 Å². The Balaban J connectivity index is 1.57. The first kappa shape index (κ1) is 17.3. The second-order valence-electron chi connectivity index (χ2n) is 6.49. The van der Waals surface area contributed by atoms with E-state index in [-0.39, 0.29) is 12.5 Å². The van der Waals surface area contributed by atoms with Crippen LogP contribution < -0.4 is 9.47 Å². The van der Waals surface area contributed by atoms with Crippen molar-refractivity contribution in [2.75, 3.05) is 20.8 Å². The van der Waals surface area contributed by atoms with Gasteiger partial charge in [-0.3, -0.25) is 4.79 Å². The van der Waals surface area contributed by atoms with Crippen molar-refractivity contribution in [3.63, 3.8) is 0 Å². The lowest BCUT2D eigenvalue weighted by atomic mass is 9.92. The molecule has 1 aliphatic carbocycles. The number of rotatable bonds is 6. The van der Waals surface area contributed by atoms with Crippen molar-refractivity contribution in [1.82, 2.24) is 4.90 Å². The van der Waals surface area contributed by atoms with Crippen molar-refractivity contribution in [3.8, 4) is 11.5 Å². The number of benzene rings is 2. The van der Waals surface area contributed by atoms with Crippen LogP contribution in [0.3, 0.4) is 0 Å². The Kier molecular flexibility index (Phi) is 5.59. The van der Waals surface area contributed by atoms with Crippen molar-refractivity contribution in [3.05, 3.63) is 59.2 Å². The maximum Gasteiger partial charge on any atom is 0.260 e. The second-order valence-corrected chi connectivity index (χ2v) is 6.49. The van der Waals surface area contributed by atoms with Crippen molar-refractivity contribution < 1.29 is 14.3 Å². The normalized spacial score (nSPS) is 13.0. The van der Waals surface area contributed by atoms with E-state index >= 15 is 0 Å². The van der Waals surface area contributed by atoms with Crippen molar-refractivity contribution >= 4 is 5.91 Å². The number of amides is 1. The first-order chi connectivity index (χ1) is 12.2. The molecule has 0 aromatic heterocycles. The molecule has 4 nitrogen and oxygen atoms in total. The highest BCUT2D eigenvalue weighted by molar-refractivity contribution is 5.77. The molecule has 0 radical (unpaired) electrons. The monoisotopic (exact) mass is 339 g/mol. The number of para-hydroxylation sites is 1. The number of likely N-dealkylation sites (N-methyl/N-ethyl adjacent to an activating group) is 1. The summed E-state index contributed by atoms with van der Waals surface area (Å²) in [7, 11) is 3.42. The van der Waals surface area contributed by atoms with E-state index < -0.39 is 0 Å². The summed E-state index contributed by atoms with van der Waals surface area (Å²) in [6, 6.07) is 13.9. The minimum absolute atomic E-state index is 0.0461. The molecule has 0 bridgehead atoms. The summed E-state index contributed by atoms with van der Waals surface area (Å²) in [4.78, 5) is 14.0. The third kappa shape index (κ3) is 4.32. The SMILES string of the molecule is COc1ccccc1CN(C)C(=O)COc1ccc2c(c1)CCCC2. The number of ether oxygens (including phenoxy) is 2. The van der Waals surface area contributed by atoms with Gasteiger partial charge in [0.2, 0.25) is 0 Å². The molecule has 0 unspecified atom stereocenters. The van der Waals surface area contributed by atoms with Crippen molar-refractivity contribution in [2.24, 2.45) is 0 Å². The zero-order valence-electron chi connectivity index (χ0n) is 15.0. The van der Waals surface area contributed by atoms with Gasteiger partial charge in [0.15, 0.2) is 6.61 Å². The molecule has 3 rings (SSSR count). The summed E-state index contributed by atoms with van der Waals surface area (Å²) in [5.41, 5.74) is 3.76. The Morgan fingerprint density at radius 1 is 1.08 bits per heavy atom. The molecular formula is C21H25NO3. The van der Waals surface area contributed by atoms with Gasteiger partial charge in [-0.25, -0.2) is 0 Å². The van der Waals surface area contributed by atoms with Crippen LogP contribution in [0.25, 0.3) is 0 Å². The summed E-state index contributed by atoms with van der Waals surface area (Å²) in [6.07, 6.45) is 4.75. The zero-order valence-corrected chi connectivity index (χ0v) is 15.0. The molecule has 1 aliphatic rings. The average molecular weight is 339 g/mol. The number of carbonyl (C=O) groups excluding carboxylic acids is 1. The van der Waals surface area contributed by atoms with Gasteiger partial charge >= 0.3 is 0 Å². The predicted molar refractivity (Wildman–Crippen MR) is 98.0 cm³/mol. The van der Waals surface area contributed by atoms with Crippen LogP contribution in [0.5, 0.6) is 11.5 Å². The van der Waals surface area contributed by atoms with Crippen LogP contribution in [0, 0.1) is 0 Å². The van der Waals surface area contributed by atoms with E-state index in [0.717, 1.165) is 29.9 Å². The fourth-order valence-electron chi connectivity index (χ4n) is 3.23. The molecule has 1 amide bonds. The third-order valence-corrected chi connectivity index (χ3v) is 4.71. The Hall–Kier alpha value is -2.49. The lowest BCUT2D eigenvalue weighted by Crippen LogP contribution is -2.31. The summed E-state index contributed by atoms with van der Waals surface area (Å²) in [5.74, 6) is 1.51. The number of methoxy groups -OCH3 is 1. The lowest BCUT2D eigenvalue weighted by Gasteiger charge is -2.20. The minimum atomic E-state index is -0.0522. The van der Waals surface area contributed by atoms with Crippen molar-refractivity contribution in [1.29, 1.82) is 0 Å². The van der Waals surface area contributed by atoms with Crippen LogP contribution in [0.1, 0.15) is 29.5 Å². The van der Waals surface area contributed by atoms with Gasteiger partial charge in [0.05, 0.1) is 7.11 Å². The molecule has 0 aliphatic heterocycles. The maximum atomic E-state index is 12.4. The summed E-state index contributed by atoms with van der Waals surface area (Å²) < 4.78 is 11.1. The van der Waals surface area contributed by atoms with Crippen LogP contribution in [0.4, 0.5) is 0 Å². The summed E-state index contributed by atoms with van der Waals surface area (Å²) in [5, 5.41) is 0. The smallest absolute Gasteiger partial charge is 0.260 e. The van der Waals surface area contributed by atoms with Crippen molar-refractivity contribution in [2.45, 2.75) is 32.2 Å². The molecule has 0 fully saturated rings. The van der Waals surface area contributed by atoms with Crippen LogP contribution >= 0.6 is 0 Å². The molecule has 2 aromatic rings. The molecule has 4 heteroatoms. The number of fused-ring (bicyclic) bond motifs is 1. The highest BCUT2D eigenvalue weighted by Crippen LogP contribution is 2.25. The van der Waals surface area contributed by atoms with Crippen LogP contribution in [-0.2, 0) is 24.2 Å². The van der Waals surface area contributed by atoms with E-state index in [4.69, 9.17) is 9.47 Å². The predicted octanol–water partition coefficient (Wildman–Crippen LogP) is 3.61. The first-order valence-electron chi connectivity index (χ1n) is 8.78. The Bertz CT molecular complexity index is 742. The van der Waals surface area contributed by atoms with Gasteiger partial charge < -0.3 is 14.4 Å². The zero-order chi connectivity index (χ0) is 17.6. The highest BCUT2D eigenvalue weighted by Gasteiger charge is 2.14. The highest BCUT2D eigenvalue weighted by atomic mass is 16.5. The summed E-state index contributed by atoms with van der Waals surface area (Å²) in [6.45, 7) is 0.542. The molecule has 132 valence electrons. The maximum absolute atomic E-state index is 12.4. The van der Waals surface area contributed by atoms with E-state index in [1.807, 2.05) is 30.3 Å². The average Bonchev–Trinajstić information content (AvgIpc) is 2.66. The summed E-state index contributed by atoms with van der Waals surface area (Å²) >= 11 is 0. The van der Waals surface area contributed by atoms with Gasteiger partial charge in [0.1, 0.15) is 11.5 Å². The van der Waals surface area contributed by atoms with Gasteiger partial charge in [-0.1, -0.05) is 24.3 Å². The van der Waals surface area contributed by atoms with Gasteiger partial charge in [-0.15, -0.1) is 0 Å². The van der Waals surface area contributed by atoms with Gasteiger partial charge in [0.25, 0.3) is 5.91 Å². The quantitative estimate of drug-likeness (QED) is 0.807. The third-order valence-electron chi connectivity index (χ3n) is 4.71. The second kappa shape index (κ2) is 8.06. The molecule has 0 saturated heterocycles. The van der Waals surface area contributed by atoms with E-state index in [9.17, 15) is 4.79 Å². The molecule has 0 atom stereocenters. The van der Waals surface area contributed by atoms with Crippen LogP contribution in [0.15, 0.2) is 42.5 Å². The van der Waals surface area contributed by atoms with Gasteiger partial charge in [0, 0.05) is 19.2 Å². The molecule has 25 heavy (non-hydrogen) atoms. The molecule has 0 heterocycles. The number of carbonyl (C=O) groups is 1. The molecule has 0 N–H and O–H groups in total. The minimum Gasteiger partial charge on any atom is -0.496 e. The topological polar surface area (TPSA) is 38.8 Å². The fourth-order valence-corrected chi connectivity index (χ4v) is 3.23. The number of hydrogen-bond donors (Lipinski definition) is 0. The number of nitrogens with zero attached hydrogens (tertiary/aromatic N) is 1. The molecule has 2 aromatic carbocycles. The van der Waals surface area contributed by atoms with Crippen LogP contribution in [0.2, 0.25) is 0 Å². The van der Waals surface area contributed by atoms with Crippen LogP contribution in [-0.4, -0.2) is 31.6 Å². The van der Waals surface area contributed by atoms with E-state index in [0.29, 0.717) is 6.54 Å². The van der Waals surface area contributed by atoms with Gasteiger partial charge in [-0.2, -0.15) is 0 Å². The lowest BCUT2D eigenvalue weighted by molar-refractivity contribution is -0.132. The Morgan fingerprint density at radius 2 is 1.84 bits per heavy atom. The Morgan fingerprint density at radius 3 is 2.64 bits per heavy atom. The van der Waals surface area contributed by atoms with E-state index in [1.165, 1.54) is 24.0 Å². The Labute approximate surface area is 149 Å². The number of hydrogen-bond acceptors (Lipinski definition) is 3. The van der Waals surface area contributed by atoms with E-state index in [1.54, 1.807) is 19.1 Å². The number of aryl methyl sites for hydroxylation is 2. The first-order valence-corrected chi connectivity index (χ1v) is 8.78. The largest absolute Gasteiger partial charge is 0.496 e. The molecule has 0 spiro atoms. The van der Waals surface area contributed by atoms with Gasteiger partial charge in [-0.05, 0) is 55.0 Å². The fraction of sp³-hybridized carbons (Fsp3) is 0.381.